The second-order valence-corrected chi connectivity index (χ2v) is 7.12. The van der Waals surface area contributed by atoms with Gasteiger partial charge >= 0.3 is 0 Å². The van der Waals surface area contributed by atoms with E-state index in [9.17, 15) is 8.42 Å². The van der Waals surface area contributed by atoms with Crippen molar-refractivity contribution in [2.45, 2.75) is 51.2 Å². The third kappa shape index (κ3) is 2.68. The van der Waals surface area contributed by atoms with Crippen LogP contribution in [0.5, 0.6) is 0 Å². The second-order valence-electron chi connectivity index (χ2n) is 5.47. The van der Waals surface area contributed by atoms with Crippen molar-refractivity contribution < 1.29 is 13.2 Å². The first kappa shape index (κ1) is 15.3. The molecule has 0 aromatic heterocycles. The zero-order valence-corrected chi connectivity index (χ0v) is 13.2. The molecule has 5 nitrogen and oxygen atoms in total. The maximum atomic E-state index is 12.6. The van der Waals surface area contributed by atoms with E-state index < -0.39 is 10.0 Å². The number of hydrogen-bond donors (Lipinski definition) is 2. The lowest BCUT2D eigenvalue weighted by Crippen LogP contribution is -2.39. The standard InChI is InChI=1S/C14H22N2O3S/c1-8-7-9(2)14(10(3)13(8)15)20(17,18)16-12-5-6-19-11(12)4/h7,11-12,16H,5-6,15H2,1-4H3. The Labute approximate surface area is 120 Å². The van der Waals surface area contributed by atoms with Crippen LogP contribution in [0.3, 0.4) is 0 Å². The first-order valence-corrected chi connectivity index (χ1v) is 8.22. The Morgan fingerprint density at radius 1 is 1.30 bits per heavy atom. The molecule has 20 heavy (non-hydrogen) atoms. The fourth-order valence-electron chi connectivity index (χ4n) is 2.74. The lowest BCUT2D eigenvalue weighted by molar-refractivity contribution is 0.117. The highest BCUT2D eigenvalue weighted by molar-refractivity contribution is 7.89. The third-order valence-corrected chi connectivity index (χ3v) is 5.69. The van der Waals surface area contributed by atoms with Gasteiger partial charge in [-0.2, -0.15) is 0 Å². The molecule has 1 aliphatic rings. The minimum atomic E-state index is -3.59. The highest BCUT2D eigenvalue weighted by Crippen LogP contribution is 2.28. The second kappa shape index (κ2) is 5.35. The Morgan fingerprint density at radius 3 is 2.50 bits per heavy atom. The lowest BCUT2D eigenvalue weighted by atomic mass is 10.1. The van der Waals surface area contributed by atoms with Gasteiger partial charge < -0.3 is 10.5 Å². The molecule has 1 saturated heterocycles. The number of nitrogen functional groups attached to an aromatic ring is 1. The fraction of sp³-hybridized carbons (Fsp3) is 0.571. The Hall–Kier alpha value is -1.11. The van der Waals surface area contributed by atoms with E-state index in [1.54, 1.807) is 13.8 Å². The predicted octanol–water partition coefficient (Wildman–Crippen LogP) is 1.65. The summed E-state index contributed by atoms with van der Waals surface area (Å²) >= 11 is 0. The Balaban J connectivity index is 2.42. The van der Waals surface area contributed by atoms with Crippen molar-refractivity contribution in [3.05, 3.63) is 22.8 Å². The van der Waals surface area contributed by atoms with Crippen LogP contribution in [-0.4, -0.2) is 27.2 Å². The van der Waals surface area contributed by atoms with Crippen LogP contribution in [0.4, 0.5) is 5.69 Å². The van der Waals surface area contributed by atoms with Crippen molar-refractivity contribution in [2.24, 2.45) is 0 Å². The number of hydrogen-bond acceptors (Lipinski definition) is 4. The zero-order chi connectivity index (χ0) is 15.1. The van der Waals surface area contributed by atoms with Crippen LogP contribution in [0.15, 0.2) is 11.0 Å². The average molecular weight is 298 g/mol. The number of rotatable bonds is 3. The van der Waals surface area contributed by atoms with E-state index in [-0.39, 0.29) is 12.1 Å². The van der Waals surface area contributed by atoms with E-state index in [0.717, 1.165) is 5.56 Å². The summed E-state index contributed by atoms with van der Waals surface area (Å²) in [4.78, 5) is 0.291. The molecule has 1 aliphatic heterocycles. The first-order chi connectivity index (χ1) is 9.24. The van der Waals surface area contributed by atoms with Crippen LogP contribution in [0, 0.1) is 20.8 Å². The molecule has 0 amide bonds. The zero-order valence-electron chi connectivity index (χ0n) is 12.4. The van der Waals surface area contributed by atoms with Gasteiger partial charge in [0.15, 0.2) is 0 Å². The van der Waals surface area contributed by atoms with Gasteiger partial charge in [0.05, 0.1) is 17.0 Å². The number of nitrogens with two attached hydrogens (primary N) is 1. The van der Waals surface area contributed by atoms with Crippen LogP contribution in [0.25, 0.3) is 0 Å². The predicted molar refractivity (Wildman–Crippen MR) is 79.2 cm³/mol. The van der Waals surface area contributed by atoms with Crippen molar-refractivity contribution in [1.29, 1.82) is 0 Å². The summed E-state index contributed by atoms with van der Waals surface area (Å²) in [6, 6.07) is 1.63. The molecule has 2 rings (SSSR count). The van der Waals surface area contributed by atoms with Gasteiger partial charge in [0.1, 0.15) is 0 Å². The summed E-state index contributed by atoms with van der Waals surface area (Å²) in [7, 11) is -3.59. The van der Waals surface area contributed by atoms with Crippen LogP contribution in [-0.2, 0) is 14.8 Å². The molecule has 0 bridgehead atoms. The number of aryl methyl sites for hydroxylation is 2. The van der Waals surface area contributed by atoms with Crippen LogP contribution in [0.2, 0.25) is 0 Å². The molecule has 3 N–H and O–H groups in total. The molecule has 1 fully saturated rings. The SMILES string of the molecule is Cc1cc(C)c(S(=O)(=O)NC2CCOC2C)c(C)c1N. The van der Waals surface area contributed by atoms with Crippen molar-refractivity contribution >= 4 is 15.7 Å². The van der Waals surface area contributed by atoms with E-state index in [0.29, 0.717) is 34.7 Å². The van der Waals surface area contributed by atoms with E-state index in [2.05, 4.69) is 4.72 Å². The maximum Gasteiger partial charge on any atom is 0.241 e. The van der Waals surface area contributed by atoms with Gasteiger partial charge in [-0.3, -0.25) is 0 Å². The highest BCUT2D eigenvalue weighted by atomic mass is 32.2. The smallest absolute Gasteiger partial charge is 0.241 e. The molecule has 6 heteroatoms. The van der Waals surface area contributed by atoms with Crippen molar-refractivity contribution in [3.8, 4) is 0 Å². The summed E-state index contributed by atoms with van der Waals surface area (Å²) in [5.74, 6) is 0. The monoisotopic (exact) mass is 298 g/mol. The number of ether oxygens (including phenoxy) is 1. The van der Waals surface area contributed by atoms with Crippen molar-refractivity contribution in [2.75, 3.05) is 12.3 Å². The molecule has 2 unspecified atom stereocenters. The molecule has 1 aromatic rings. The minimum absolute atomic E-state index is 0.104. The molecule has 2 atom stereocenters. The van der Waals surface area contributed by atoms with E-state index in [1.807, 2.05) is 19.9 Å². The first-order valence-electron chi connectivity index (χ1n) is 6.74. The van der Waals surface area contributed by atoms with Gasteiger partial charge in [0.2, 0.25) is 10.0 Å². The largest absolute Gasteiger partial charge is 0.398 e. The van der Waals surface area contributed by atoms with Crippen molar-refractivity contribution in [1.82, 2.24) is 4.72 Å². The lowest BCUT2D eigenvalue weighted by Gasteiger charge is -2.20. The molecule has 0 saturated carbocycles. The van der Waals surface area contributed by atoms with Gasteiger partial charge in [0.25, 0.3) is 0 Å². The van der Waals surface area contributed by atoms with Crippen molar-refractivity contribution in [3.63, 3.8) is 0 Å². The number of sulfonamides is 1. The molecule has 0 spiro atoms. The molecular weight excluding hydrogens is 276 g/mol. The summed E-state index contributed by atoms with van der Waals surface area (Å²) in [6.07, 6.45) is 0.591. The van der Waals surface area contributed by atoms with Crippen LogP contribution >= 0.6 is 0 Å². The fourth-order valence-corrected chi connectivity index (χ4v) is 4.56. The van der Waals surface area contributed by atoms with Crippen LogP contribution < -0.4 is 10.5 Å². The molecule has 0 aliphatic carbocycles. The number of nitrogens with one attached hydrogen (secondary N) is 1. The summed E-state index contributed by atoms with van der Waals surface area (Å²) in [5.41, 5.74) is 8.73. The highest BCUT2D eigenvalue weighted by Gasteiger charge is 2.31. The Kier molecular flexibility index (Phi) is 4.09. The van der Waals surface area contributed by atoms with E-state index in [1.165, 1.54) is 0 Å². The topological polar surface area (TPSA) is 81.4 Å². The van der Waals surface area contributed by atoms with E-state index in [4.69, 9.17) is 10.5 Å². The molecule has 1 aromatic carbocycles. The van der Waals surface area contributed by atoms with Gasteiger partial charge in [-0.05, 0) is 50.8 Å². The molecular formula is C14H22N2O3S. The number of anilines is 1. The molecule has 1 heterocycles. The quantitative estimate of drug-likeness (QED) is 0.831. The van der Waals surface area contributed by atoms with Crippen LogP contribution in [0.1, 0.15) is 30.0 Å². The Bertz CT molecular complexity index is 626. The van der Waals surface area contributed by atoms with E-state index >= 15 is 0 Å². The maximum absolute atomic E-state index is 12.6. The minimum Gasteiger partial charge on any atom is -0.398 e. The normalized spacial score (nSPS) is 23.2. The average Bonchev–Trinajstić information content (AvgIpc) is 2.71. The van der Waals surface area contributed by atoms with Gasteiger partial charge in [-0.1, -0.05) is 6.07 Å². The van der Waals surface area contributed by atoms with Gasteiger partial charge in [0, 0.05) is 12.3 Å². The third-order valence-electron chi connectivity index (χ3n) is 3.91. The summed E-state index contributed by atoms with van der Waals surface area (Å²) in [6.45, 7) is 7.89. The van der Waals surface area contributed by atoms with Gasteiger partial charge in [-0.25, -0.2) is 13.1 Å². The molecule has 112 valence electrons. The summed E-state index contributed by atoms with van der Waals surface area (Å²) < 4.78 is 33.4. The van der Waals surface area contributed by atoms with Gasteiger partial charge in [-0.15, -0.1) is 0 Å². The Morgan fingerprint density at radius 2 is 1.95 bits per heavy atom. The summed E-state index contributed by atoms with van der Waals surface area (Å²) in [5, 5.41) is 0. The number of benzene rings is 1. The molecule has 0 radical (unpaired) electrons.